The Morgan fingerprint density at radius 3 is 2.36 bits per heavy atom. The van der Waals surface area contributed by atoms with Gasteiger partial charge in [-0.2, -0.15) is 5.10 Å². The summed E-state index contributed by atoms with van der Waals surface area (Å²) in [6.07, 6.45) is 1.97. The molecule has 1 heterocycles. The number of halogens is 1. The van der Waals surface area contributed by atoms with Crippen LogP contribution in [0.25, 0.3) is 11.3 Å². The molecule has 0 radical (unpaired) electrons. The molecule has 0 saturated heterocycles. The van der Waals surface area contributed by atoms with Crippen molar-refractivity contribution >= 4 is 17.5 Å². The number of nitrogens with zero attached hydrogens (tertiary/aromatic N) is 2. The van der Waals surface area contributed by atoms with E-state index in [1.165, 1.54) is 14.2 Å². The first kappa shape index (κ1) is 22.4. The fourth-order valence-electron chi connectivity index (χ4n) is 3.61. The smallest absolute Gasteiger partial charge is 0.251 e. The second kappa shape index (κ2) is 10.2. The number of hydrogen-bond donors (Lipinski definition) is 1. The molecule has 0 fully saturated rings. The monoisotopic (exact) mass is 461 g/mol. The third-order valence-corrected chi connectivity index (χ3v) is 5.49. The third-order valence-electron chi connectivity index (χ3n) is 5.21. The first-order chi connectivity index (χ1) is 16.1. The molecule has 0 spiro atoms. The van der Waals surface area contributed by atoms with Gasteiger partial charge in [-0.25, -0.2) is 0 Å². The summed E-state index contributed by atoms with van der Waals surface area (Å²) in [5.74, 6) is 0.521. The number of aromatic nitrogens is 2. The van der Waals surface area contributed by atoms with Crippen LogP contribution in [0.3, 0.4) is 0 Å². The molecule has 0 saturated carbocycles. The molecule has 0 aliphatic heterocycles. The second-order valence-corrected chi connectivity index (χ2v) is 7.84. The topological polar surface area (TPSA) is 65.4 Å². The summed E-state index contributed by atoms with van der Waals surface area (Å²) in [5.41, 5.74) is 4.27. The van der Waals surface area contributed by atoms with Gasteiger partial charge in [-0.05, 0) is 17.7 Å². The standard InChI is InChI=1S/C26H24ClN3O3/c1-32-23-14-20(13-22(27)25(23)33-2)26(31)28-15-21-17-30(16-18-9-5-3-6-10-18)29-24(21)19-11-7-4-8-12-19/h3-14,17H,15-16H2,1-2H3,(H,28,31). The summed E-state index contributed by atoms with van der Waals surface area (Å²) in [7, 11) is 3.00. The summed E-state index contributed by atoms with van der Waals surface area (Å²) in [6, 6.07) is 23.2. The van der Waals surface area contributed by atoms with Gasteiger partial charge in [0, 0.05) is 29.4 Å². The fraction of sp³-hybridized carbons (Fsp3) is 0.154. The number of ether oxygens (including phenoxy) is 2. The highest BCUT2D eigenvalue weighted by atomic mass is 35.5. The Morgan fingerprint density at radius 1 is 1.00 bits per heavy atom. The maximum Gasteiger partial charge on any atom is 0.251 e. The van der Waals surface area contributed by atoms with Crippen molar-refractivity contribution < 1.29 is 14.3 Å². The number of nitrogens with one attached hydrogen (secondary N) is 1. The zero-order valence-corrected chi connectivity index (χ0v) is 19.2. The molecule has 4 rings (SSSR count). The lowest BCUT2D eigenvalue weighted by Gasteiger charge is -2.12. The number of methoxy groups -OCH3 is 2. The fourth-order valence-corrected chi connectivity index (χ4v) is 3.90. The minimum absolute atomic E-state index is 0.271. The zero-order valence-electron chi connectivity index (χ0n) is 18.4. The van der Waals surface area contributed by atoms with E-state index < -0.39 is 0 Å². The molecule has 1 aromatic heterocycles. The molecular formula is C26H24ClN3O3. The molecule has 0 bridgehead atoms. The molecule has 0 aliphatic rings. The Morgan fingerprint density at radius 2 is 1.70 bits per heavy atom. The van der Waals surface area contributed by atoms with Crippen molar-refractivity contribution in [3.8, 4) is 22.8 Å². The molecule has 6 nitrogen and oxygen atoms in total. The molecule has 1 N–H and O–H groups in total. The number of rotatable bonds is 8. The van der Waals surface area contributed by atoms with Gasteiger partial charge in [-0.1, -0.05) is 72.3 Å². The summed E-state index contributed by atoms with van der Waals surface area (Å²) < 4.78 is 12.4. The average molecular weight is 462 g/mol. The van der Waals surface area contributed by atoms with Crippen molar-refractivity contribution in [1.82, 2.24) is 15.1 Å². The summed E-state index contributed by atoms with van der Waals surface area (Å²) >= 11 is 6.26. The lowest BCUT2D eigenvalue weighted by molar-refractivity contribution is 0.0950. The Hall–Kier alpha value is -3.77. The van der Waals surface area contributed by atoms with Crippen LogP contribution >= 0.6 is 11.6 Å². The lowest BCUT2D eigenvalue weighted by atomic mass is 10.1. The molecule has 33 heavy (non-hydrogen) atoms. The van der Waals surface area contributed by atoms with Gasteiger partial charge < -0.3 is 14.8 Å². The maximum absolute atomic E-state index is 12.9. The van der Waals surface area contributed by atoms with Crippen molar-refractivity contribution in [3.05, 3.63) is 101 Å². The first-order valence-corrected chi connectivity index (χ1v) is 10.8. The van der Waals surface area contributed by atoms with Crippen LogP contribution in [0.4, 0.5) is 0 Å². The highest BCUT2D eigenvalue weighted by molar-refractivity contribution is 6.32. The van der Waals surface area contributed by atoms with Gasteiger partial charge in [0.05, 0.1) is 31.5 Å². The molecule has 4 aromatic rings. The molecule has 0 atom stereocenters. The van der Waals surface area contributed by atoms with Crippen molar-refractivity contribution in [1.29, 1.82) is 0 Å². The number of carbonyl (C=O) groups excluding carboxylic acids is 1. The lowest BCUT2D eigenvalue weighted by Crippen LogP contribution is -2.23. The molecule has 0 aliphatic carbocycles. The molecule has 1 amide bonds. The first-order valence-electron chi connectivity index (χ1n) is 10.4. The van der Waals surface area contributed by atoms with Crippen LogP contribution in [0.1, 0.15) is 21.5 Å². The van der Waals surface area contributed by atoms with Crippen LogP contribution in [0.15, 0.2) is 79.0 Å². The van der Waals surface area contributed by atoms with Crippen molar-refractivity contribution in [2.24, 2.45) is 0 Å². The molecule has 7 heteroatoms. The second-order valence-electron chi connectivity index (χ2n) is 7.43. The number of hydrogen-bond acceptors (Lipinski definition) is 4. The summed E-state index contributed by atoms with van der Waals surface area (Å²) in [6.45, 7) is 0.948. The van der Waals surface area contributed by atoms with Gasteiger partial charge in [-0.15, -0.1) is 0 Å². The van der Waals surface area contributed by atoms with Crippen LogP contribution in [-0.2, 0) is 13.1 Å². The van der Waals surface area contributed by atoms with Crippen LogP contribution < -0.4 is 14.8 Å². The molecule has 0 unspecified atom stereocenters. The number of amides is 1. The van der Waals surface area contributed by atoms with E-state index in [-0.39, 0.29) is 5.91 Å². The van der Waals surface area contributed by atoms with E-state index in [0.29, 0.717) is 35.2 Å². The van der Waals surface area contributed by atoms with Gasteiger partial charge >= 0.3 is 0 Å². The molecular weight excluding hydrogens is 438 g/mol. The van der Waals surface area contributed by atoms with Gasteiger partial charge in [0.15, 0.2) is 11.5 Å². The summed E-state index contributed by atoms with van der Waals surface area (Å²) in [4.78, 5) is 12.9. The largest absolute Gasteiger partial charge is 0.493 e. The minimum Gasteiger partial charge on any atom is -0.493 e. The highest BCUT2D eigenvalue weighted by Crippen LogP contribution is 2.36. The van der Waals surface area contributed by atoms with Crippen LogP contribution in [0, 0.1) is 0 Å². The van der Waals surface area contributed by atoms with E-state index in [1.807, 2.05) is 59.4 Å². The van der Waals surface area contributed by atoms with E-state index in [4.69, 9.17) is 26.2 Å². The van der Waals surface area contributed by atoms with Crippen LogP contribution in [0.5, 0.6) is 11.5 Å². The SMILES string of the molecule is COc1cc(C(=O)NCc2cn(Cc3ccccc3)nc2-c2ccccc2)cc(Cl)c1OC. The minimum atomic E-state index is -0.271. The van der Waals surface area contributed by atoms with Gasteiger partial charge in [0.2, 0.25) is 0 Å². The predicted molar refractivity (Wildman–Crippen MR) is 129 cm³/mol. The van der Waals surface area contributed by atoms with E-state index in [1.54, 1.807) is 12.1 Å². The Labute approximate surface area is 197 Å². The molecule has 3 aromatic carbocycles. The van der Waals surface area contributed by atoms with E-state index in [9.17, 15) is 4.79 Å². The van der Waals surface area contributed by atoms with Crippen molar-refractivity contribution in [2.75, 3.05) is 14.2 Å². The van der Waals surface area contributed by atoms with E-state index in [0.717, 1.165) is 22.4 Å². The van der Waals surface area contributed by atoms with E-state index in [2.05, 4.69) is 17.4 Å². The average Bonchev–Trinajstić information content (AvgIpc) is 3.25. The Bertz CT molecular complexity index is 1240. The predicted octanol–water partition coefficient (Wildman–Crippen LogP) is 5.20. The Kier molecular flexibility index (Phi) is 6.95. The van der Waals surface area contributed by atoms with Crippen molar-refractivity contribution in [2.45, 2.75) is 13.1 Å². The van der Waals surface area contributed by atoms with Crippen LogP contribution in [0.2, 0.25) is 5.02 Å². The summed E-state index contributed by atoms with van der Waals surface area (Å²) in [5, 5.41) is 8.08. The Balaban J connectivity index is 1.58. The van der Waals surface area contributed by atoms with Gasteiger partial charge in [0.1, 0.15) is 0 Å². The number of benzene rings is 3. The quantitative estimate of drug-likeness (QED) is 0.391. The number of carbonyl (C=O) groups is 1. The maximum atomic E-state index is 12.9. The van der Waals surface area contributed by atoms with Gasteiger partial charge in [0.25, 0.3) is 5.91 Å². The van der Waals surface area contributed by atoms with Crippen molar-refractivity contribution in [3.63, 3.8) is 0 Å². The molecule has 168 valence electrons. The highest BCUT2D eigenvalue weighted by Gasteiger charge is 2.17. The van der Waals surface area contributed by atoms with Gasteiger partial charge in [-0.3, -0.25) is 9.48 Å². The normalized spacial score (nSPS) is 10.6. The van der Waals surface area contributed by atoms with E-state index >= 15 is 0 Å². The zero-order chi connectivity index (χ0) is 23.2. The van der Waals surface area contributed by atoms with Crippen LogP contribution in [-0.4, -0.2) is 29.9 Å². The third kappa shape index (κ3) is 5.18.